The first-order valence-corrected chi connectivity index (χ1v) is 11.1. The zero-order valence-corrected chi connectivity index (χ0v) is 19.7. The minimum absolute atomic E-state index is 0.104. The molecule has 1 aliphatic carbocycles. The third-order valence-electron chi connectivity index (χ3n) is 6.10. The SMILES string of the molecule is COc1cc([C@@H](CC(=O)O)NC(=O)OCC2c3ccccc3-c3ccccc32)cc(OC)c1OC. The van der Waals surface area contributed by atoms with E-state index in [1.54, 1.807) is 12.1 Å². The summed E-state index contributed by atoms with van der Waals surface area (Å²) in [5.41, 5.74) is 4.91. The fourth-order valence-corrected chi connectivity index (χ4v) is 4.51. The van der Waals surface area contributed by atoms with Crippen LogP contribution in [0.5, 0.6) is 17.2 Å². The molecule has 182 valence electrons. The number of amides is 1. The molecule has 1 amide bonds. The smallest absolute Gasteiger partial charge is 0.407 e. The Morgan fingerprint density at radius 3 is 1.91 bits per heavy atom. The van der Waals surface area contributed by atoms with Gasteiger partial charge in [0.05, 0.1) is 33.8 Å². The number of methoxy groups -OCH3 is 3. The first kappa shape index (κ1) is 23.9. The highest BCUT2D eigenvalue weighted by molar-refractivity contribution is 5.79. The van der Waals surface area contributed by atoms with Crippen molar-refractivity contribution in [3.63, 3.8) is 0 Å². The molecular formula is C27H27NO7. The summed E-state index contributed by atoms with van der Waals surface area (Å²) in [4.78, 5) is 24.4. The fraction of sp³-hybridized carbons (Fsp3) is 0.259. The highest BCUT2D eigenvalue weighted by Crippen LogP contribution is 2.44. The number of alkyl carbamates (subject to hydrolysis) is 1. The number of hydrogen-bond acceptors (Lipinski definition) is 6. The van der Waals surface area contributed by atoms with Crippen LogP contribution in [0.25, 0.3) is 11.1 Å². The standard InChI is InChI=1S/C27H27NO7/c1-32-23-12-16(13-24(33-2)26(23)34-3)22(14-25(29)30)28-27(31)35-15-21-19-10-6-4-8-17(19)18-9-5-7-11-20(18)21/h4-13,21-22H,14-15H2,1-3H3,(H,28,31)(H,29,30)/t22-/m1/s1. The van der Waals surface area contributed by atoms with Crippen LogP contribution in [0.15, 0.2) is 60.7 Å². The van der Waals surface area contributed by atoms with Crippen LogP contribution in [-0.2, 0) is 9.53 Å². The molecule has 35 heavy (non-hydrogen) atoms. The maximum atomic E-state index is 12.8. The number of carboxylic acids is 1. The summed E-state index contributed by atoms with van der Waals surface area (Å²) >= 11 is 0. The molecular weight excluding hydrogens is 450 g/mol. The van der Waals surface area contributed by atoms with Gasteiger partial charge in [0.25, 0.3) is 0 Å². The lowest BCUT2D eigenvalue weighted by molar-refractivity contribution is -0.137. The highest BCUT2D eigenvalue weighted by atomic mass is 16.5. The van der Waals surface area contributed by atoms with Gasteiger partial charge in [-0.1, -0.05) is 48.5 Å². The molecule has 0 aromatic heterocycles. The predicted molar refractivity (Wildman–Crippen MR) is 129 cm³/mol. The van der Waals surface area contributed by atoms with Crippen LogP contribution >= 0.6 is 0 Å². The Bertz CT molecular complexity index is 1170. The van der Waals surface area contributed by atoms with Crippen LogP contribution in [0, 0.1) is 0 Å². The van der Waals surface area contributed by atoms with Gasteiger partial charge in [0.1, 0.15) is 6.61 Å². The minimum atomic E-state index is -1.08. The van der Waals surface area contributed by atoms with Crippen molar-refractivity contribution in [3.05, 3.63) is 77.4 Å². The molecule has 3 aromatic carbocycles. The largest absolute Gasteiger partial charge is 0.493 e. The fourth-order valence-electron chi connectivity index (χ4n) is 4.51. The summed E-state index contributed by atoms with van der Waals surface area (Å²) in [6, 6.07) is 18.4. The number of nitrogens with one attached hydrogen (secondary N) is 1. The van der Waals surface area contributed by atoms with Gasteiger partial charge in [0.2, 0.25) is 5.75 Å². The molecule has 8 heteroatoms. The second kappa shape index (κ2) is 10.4. The van der Waals surface area contributed by atoms with Crippen LogP contribution in [0.3, 0.4) is 0 Å². The number of hydrogen-bond donors (Lipinski definition) is 2. The predicted octanol–water partition coefficient (Wildman–Crippen LogP) is 4.77. The molecule has 2 N–H and O–H groups in total. The summed E-state index contributed by atoms with van der Waals surface area (Å²) in [7, 11) is 4.40. The van der Waals surface area contributed by atoms with Gasteiger partial charge in [-0.25, -0.2) is 4.79 Å². The summed E-state index contributed by atoms with van der Waals surface area (Å²) in [5.74, 6) is -0.109. The van der Waals surface area contributed by atoms with Gasteiger partial charge in [-0.2, -0.15) is 0 Å². The summed E-state index contributed by atoms with van der Waals surface area (Å²) in [5, 5.41) is 12.1. The molecule has 0 unspecified atom stereocenters. The quantitative estimate of drug-likeness (QED) is 0.458. The lowest BCUT2D eigenvalue weighted by Crippen LogP contribution is -2.31. The lowest BCUT2D eigenvalue weighted by Gasteiger charge is -2.21. The molecule has 8 nitrogen and oxygen atoms in total. The first-order valence-electron chi connectivity index (χ1n) is 11.1. The summed E-state index contributed by atoms with van der Waals surface area (Å²) < 4.78 is 21.7. The molecule has 1 aliphatic rings. The van der Waals surface area contributed by atoms with Gasteiger partial charge < -0.3 is 29.4 Å². The van der Waals surface area contributed by atoms with Crippen molar-refractivity contribution in [2.75, 3.05) is 27.9 Å². The van der Waals surface area contributed by atoms with E-state index in [1.807, 2.05) is 36.4 Å². The number of aliphatic carboxylic acids is 1. The van der Waals surface area contributed by atoms with E-state index in [4.69, 9.17) is 18.9 Å². The number of carbonyl (C=O) groups is 2. The van der Waals surface area contributed by atoms with E-state index in [0.29, 0.717) is 22.8 Å². The topological polar surface area (TPSA) is 103 Å². The van der Waals surface area contributed by atoms with E-state index in [9.17, 15) is 14.7 Å². The number of ether oxygens (including phenoxy) is 4. The van der Waals surface area contributed by atoms with Crippen LogP contribution in [-0.4, -0.2) is 45.1 Å². The zero-order chi connectivity index (χ0) is 24.9. The highest BCUT2D eigenvalue weighted by Gasteiger charge is 2.30. The molecule has 1 atom stereocenters. The molecule has 0 radical (unpaired) electrons. The van der Waals surface area contributed by atoms with Crippen LogP contribution in [0.2, 0.25) is 0 Å². The Morgan fingerprint density at radius 1 is 0.886 bits per heavy atom. The molecule has 0 saturated carbocycles. The van der Waals surface area contributed by atoms with Crippen molar-refractivity contribution in [1.82, 2.24) is 5.32 Å². The van der Waals surface area contributed by atoms with Crippen molar-refractivity contribution in [1.29, 1.82) is 0 Å². The Labute approximate surface area is 203 Å². The van der Waals surface area contributed by atoms with Crippen molar-refractivity contribution < 1.29 is 33.6 Å². The first-order chi connectivity index (χ1) is 17.0. The Morgan fingerprint density at radius 2 is 1.43 bits per heavy atom. The van der Waals surface area contributed by atoms with E-state index >= 15 is 0 Å². The van der Waals surface area contributed by atoms with E-state index in [2.05, 4.69) is 17.4 Å². The van der Waals surface area contributed by atoms with Crippen LogP contribution in [0.4, 0.5) is 4.79 Å². The number of fused-ring (bicyclic) bond motifs is 3. The van der Waals surface area contributed by atoms with Gasteiger partial charge >= 0.3 is 12.1 Å². The number of benzene rings is 3. The lowest BCUT2D eigenvalue weighted by atomic mass is 9.98. The zero-order valence-electron chi connectivity index (χ0n) is 19.7. The van der Waals surface area contributed by atoms with Gasteiger partial charge in [-0.15, -0.1) is 0 Å². The van der Waals surface area contributed by atoms with E-state index < -0.39 is 18.1 Å². The van der Waals surface area contributed by atoms with Crippen molar-refractivity contribution in [2.45, 2.75) is 18.4 Å². The van der Waals surface area contributed by atoms with Gasteiger partial charge in [-0.3, -0.25) is 4.79 Å². The van der Waals surface area contributed by atoms with Crippen LogP contribution in [0.1, 0.15) is 35.1 Å². The van der Waals surface area contributed by atoms with E-state index in [1.165, 1.54) is 21.3 Å². The monoisotopic (exact) mass is 477 g/mol. The third kappa shape index (κ3) is 4.87. The van der Waals surface area contributed by atoms with Crippen LogP contribution < -0.4 is 19.5 Å². The number of carbonyl (C=O) groups excluding carboxylic acids is 1. The molecule has 0 fully saturated rings. The average Bonchev–Trinajstić information content (AvgIpc) is 3.19. The Balaban J connectivity index is 1.53. The number of carboxylic acid groups (broad SMARTS) is 1. The molecule has 0 spiro atoms. The molecule has 0 aliphatic heterocycles. The maximum absolute atomic E-state index is 12.8. The molecule has 0 bridgehead atoms. The Hall–Kier alpha value is -4.20. The van der Waals surface area contributed by atoms with E-state index in [-0.39, 0.29) is 18.9 Å². The number of rotatable bonds is 9. The van der Waals surface area contributed by atoms with Gasteiger partial charge in [0, 0.05) is 5.92 Å². The van der Waals surface area contributed by atoms with Crippen molar-refractivity contribution >= 4 is 12.1 Å². The van der Waals surface area contributed by atoms with Gasteiger partial charge in [0.15, 0.2) is 11.5 Å². The molecule has 0 saturated heterocycles. The second-order valence-electron chi connectivity index (χ2n) is 8.08. The second-order valence-corrected chi connectivity index (χ2v) is 8.08. The maximum Gasteiger partial charge on any atom is 0.407 e. The van der Waals surface area contributed by atoms with Crippen molar-refractivity contribution in [3.8, 4) is 28.4 Å². The van der Waals surface area contributed by atoms with Crippen molar-refractivity contribution in [2.24, 2.45) is 0 Å². The third-order valence-corrected chi connectivity index (χ3v) is 6.10. The van der Waals surface area contributed by atoms with E-state index in [0.717, 1.165) is 22.3 Å². The summed E-state index contributed by atoms with van der Waals surface area (Å²) in [6.45, 7) is 0.120. The summed E-state index contributed by atoms with van der Waals surface area (Å²) in [6.07, 6.45) is -1.07. The normalized spacial score (nSPS) is 12.8. The molecule has 3 aromatic rings. The average molecular weight is 478 g/mol. The minimum Gasteiger partial charge on any atom is -0.493 e. The molecule has 0 heterocycles. The Kier molecular flexibility index (Phi) is 7.10. The molecule has 4 rings (SSSR count). The van der Waals surface area contributed by atoms with Gasteiger partial charge in [-0.05, 0) is 39.9 Å².